The van der Waals surface area contributed by atoms with E-state index in [-0.39, 0.29) is 6.42 Å². The third-order valence-corrected chi connectivity index (χ3v) is 3.32. The van der Waals surface area contributed by atoms with Crippen molar-refractivity contribution < 1.29 is 24.2 Å². The second-order valence-electron chi connectivity index (χ2n) is 5.11. The highest BCUT2D eigenvalue weighted by molar-refractivity contribution is 5.90. The molecule has 8 heteroatoms. The predicted octanol–water partition coefficient (Wildman–Crippen LogP) is 0.579. The van der Waals surface area contributed by atoms with Crippen molar-refractivity contribution >= 4 is 17.7 Å². The Morgan fingerprint density at radius 3 is 2.33 bits per heavy atom. The molecule has 8 nitrogen and oxygen atoms in total. The number of benzene rings is 1. The fourth-order valence-electron chi connectivity index (χ4n) is 2.04. The fraction of sp³-hybridized carbons (Fsp3) is 0.500. The van der Waals surface area contributed by atoms with Gasteiger partial charge in [-0.05, 0) is 31.0 Å². The van der Waals surface area contributed by atoms with Gasteiger partial charge < -0.3 is 26.0 Å². The van der Waals surface area contributed by atoms with Crippen LogP contribution < -0.4 is 16.4 Å². The zero-order valence-corrected chi connectivity index (χ0v) is 13.8. The molecule has 0 spiro atoms. The number of carboxylic acids is 1. The van der Waals surface area contributed by atoms with Crippen LogP contribution in [0.4, 0.5) is 10.5 Å². The van der Waals surface area contributed by atoms with E-state index in [0.29, 0.717) is 38.7 Å². The third-order valence-electron chi connectivity index (χ3n) is 3.32. The SMILES string of the molecule is CCOCCOCCN(C(N)=O)c1ccc(CC(N)C(=O)O)cc1. The van der Waals surface area contributed by atoms with Crippen molar-refractivity contribution in [1.82, 2.24) is 0 Å². The van der Waals surface area contributed by atoms with Gasteiger partial charge in [-0.15, -0.1) is 0 Å². The summed E-state index contributed by atoms with van der Waals surface area (Å²) in [7, 11) is 0. The number of nitrogens with two attached hydrogens (primary N) is 2. The lowest BCUT2D eigenvalue weighted by atomic mass is 10.1. The highest BCUT2D eigenvalue weighted by Crippen LogP contribution is 2.16. The largest absolute Gasteiger partial charge is 0.480 e. The molecule has 5 N–H and O–H groups in total. The van der Waals surface area contributed by atoms with Gasteiger partial charge in [0.15, 0.2) is 0 Å². The van der Waals surface area contributed by atoms with Crippen LogP contribution in [0.5, 0.6) is 0 Å². The molecule has 134 valence electrons. The molecule has 0 aliphatic rings. The Kier molecular flexibility index (Phi) is 8.77. The smallest absolute Gasteiger partial charge is 0.320 e. The van der Waals surface area contributed by atoms with Crippen LogP contribution in [-0.2, 0) is 20.7 Å². The molecule has 0 heterocycles. The van der Waals surface area contributed by atoms with Gasteiger partial charge in [0.25, 0.3) is 0 Å². The van der Waals surface area contributed by atoms with Crippen molar-refractivity contribution in [3.63, 3.8) is 0 Å². The number of rotatable bonds is 11. The Morgan fingerprint density at radius 2 is 1.79 bits per heavy atom. The van der Waals surface area contributed by atoms with E-state index in [1.165, 1.54) is 4.90 Å². The lowest BCUT2D eigenvalue weighted by Gasteiger charge is -2.21. The first-order valence-electron chi connectivity index (χ1n) is 7.75. The maximum absolute atomic E-state index is 11.6. The molecule has 0 radical (unpaired) electrons. The monoisotopic (exact) mass is 339 g/mol. The van der Waals surface area contributed by atoms with Crippen LogP contribution in [0.2, 0.25) is 0 Å². The minimum atomic E-state index is -1.05. The first-order valence-corrected chi connectivity index (χ1v) is 7.75. The Labute approximate surface area is 141 Å². The first kappa shape index (κ1) is 19.9. The molecule has 0 aliphatic heterocycles. The molecule has 0 saturated heterocycles. The molecule has 0 bridgehead atoms. The quantitative estimate of drug-likeness (QED) is 0.506. The second kappa shape index (κ2) is 10.6. The number of anilines is 1. The summed E-state index contributed by atoms with van der Waals surface area (Å²) >= 11 is 0. The van der Waals surface area contributed by atoms with Gasteiger partial charge in [0.1, 0.15) is 6.04 Å². The van der Waals surface area contributed by atoms with E-state index in [9.17, 15) is 9.59 Å². The normalized spacial score (nSPS) is 11.9. The summed E-state index contributed by atoms with van der Waals surface area (Å²) in [5.74, 6) is -1.05. The number of urea groups is 1. The van der Waals surface area contributed by atoms with Crippen LogP contribution in [0.1, 0.15) is 12.5 Å². The molecular weight excluding hydrogens is 314 g/mol. The van der Waals surface area contributed by atoms with Crippen LogP contribution in [0.15, 0.2) is 24.3 Å². The van der Waals surface area contributed by atoms with Crippen molar-refractivity contribution in [2.75, 3.05) is 37.9 Å². The molecule has 1 aromatic rings. The second-order valence-corrected chi connectivity index (χ2v) is 5.11. The van der Waals surface area contributed by atoms with E-state index < -0.39 is 18.0 Å². The molecular formula is C16H25N3O5. The average molecular weight is 339 g/mol. The lowest BCUT2D eigenvalue weighted by Crippen LogP contribution is -2.38. The van der Waals surface area contributed by atoms with E-state index in [1.54, 1.807) is 24.3 Å². The number of primary amides is 1. The summed E-state index contributed by atoms with van der Waals surface area (Å²) < 4.78 is 10.5. The Bertz CT molecular complexity index is 521. The van der Waals surface area contributed by atoms with Gasteiger partial charge in [0, 0.05) is 12.3 Å². The molecule has 0 fully saturated rings. The number of carboxylic acid groups (broad SMARTS) is 1. The predicted molar refractivity (Wildman–Crippen MR) is 90.0 cm³/mol. The first-order chi connectivity index (χ1) is 11.5. The van der Waals surface area contributed by atoms with Crippen LogP contribution in [0, 0.1) is 0 Å². The summed E-state index contributed by atoms with van der Waals surface area (Å²) in [5.41, 5.74) is 12.3. The van der Waals surface area contributed by atoms with Crippen molar-refractivity contribution in [2.24, 2.45) is 11.5 Å². The standard InChI is InChI=1S/C16H25N3O5/c1-2-23-9-10-24-8-7-19(16(18)22)13-5-3-12(4-6-13)11-14(17)15(20)21/h3-6,14H,2,7-11,17H2,1H3,(H2,18,22)(H,20,21). The summed E-state index contributed by atoms with van der Waals surface area (Å²) in [6.45, 7) is 4.14. The number of aliphatic carboxylic acids is 1. The van der Waals surface area contributed by atoms with Crippen LogP contribution in [-0.4, -0.2) is 56.1 Å². The number of nitrogens with zero attached hydrogens (tertiary/aromatic N) is 1. The van der Waals surface area contributed by atoms with Gasteiger partial charge in [-0.1, -0.05) is 12.1 Å². The molecule has 1 atom stereocenters. The number of carbonyl (C=O) groups excluding carboxylic acids is 1. The van der Waals surface area contributed by atoms with E-state index >= 15 is 0 Å². The van der Waals surface area contributed by atoms with Gasteiger partial charge in [-0.2, -0.15) is 0 Å². The summed E-state index contributed by atoms with van der Waals surface area (Å²) in [4.78, 5) is 23.7. The minimum Gasteiger partial charge on any atom is -0.480 e. The zero-order chi connectivity index (χ0) is 17.9. The van der Waals surface area contributed by atoms with Crippen molar-refractivity contribution in [2.45, 2.75) is 19.4 Å². The molecule has 0 saturated carbocycles. The van der Waals surface area contributed by atoms with Crippen molar-refractivity contribution in [3.8, 4) is 0 Å². The van der Waals surface area contributed by atoms with Crippen molar-refractivity contribution in [3.05, 3.63) is 29.8 Å². The van der Waals surface area contributed by atoms with Gasteiger partial charge in [-0.25, -0.2) is 4.79 Å². The number of carbonyl (C=O) groups is 2. The molecule has 1 unspecified atom stereocenters. The Hall–Kier alpha value is -2.16. The number of hydrogen-bond donors (Lipinski definition) is 3. The highest BCUT2D eigenvalue weighted by atomic mass is 16.5. The molecule has 0 aliphatic carbocycles. The van der Waals surface area contributed by atoms with Crippen LogP contribution in [0.3, 0.4) is 0 Å². The lowest BCUT2D eigenvalue weighted by molar-refractivity contribution is -0.138. The van der Waals surface area contributed by atoms with Gasteiger partial charge in [-0.3, -0.25) is 9.69 Å². The fourth-order valence-corrected chi connectivity index (χ4v) is 2.04. The topological polar surface area (TPSA) is 128 Å². The number of amides is 2. The van der Waals surface area contributed by atoms with E-state index in [0.717, 1.165) is 5.56 Å². The van der Waals surface area contributed by atoms with Crippen LogP contribution in [0.25, 0.3) is 0 Å². The Morgan fingerprint density at radius 1 is 1.17 bits per heavy atom. The minimum absolute atomic E-state index is 0.215. The number of ether oxygens (including phenoxy) is 2. The average Bonchev–Trinajstić information content (AvgIpc) is 2.54. The Balaban J connectivity index is 2.56. The number of hydrogen-bond acceptors (Lipinski definition) is 5. The summed E-state index contributed by atoms with van der Waals surface area (Å²) in [5, 5.41) is 8.82. The third kappa shape index (κ3) is 6.95. The molecule has 2 amide bonds. The van der Waals surface area contributed by atoms with E-state index in [4.69, 9.17) is 26.0 Å². The van der Waals surface area contributed by atoms with Gasteiger partial charge in [0.2, 0.25) is 0 Å². The molecule has 24 heavy (non-hydrogen) atoms. The zero-order valence-electron chi connectivity index (χ0n) is 13.8. The van der Waals surface area contributed by atoms with Crippen LogP contribution >= 0.6 is 0 Å². The van der Waals surface area contributed by atoms with Crippen molar-refractivity contribution in [1.29, 1.82) is 0 Å². The van der Waals surface area contributed by atoms with E-state index in [1.807, 2.05) is 6.92 Å². The summed E-state index contributed by atoms with van der Waals surface area (Å²) in [6.07, 6.45) is 0.215. The summed E-state index contributed by atoms with van der Waals surface area (Å²) in [6, 6.07) is 5.32. The van der Waals surface area contributed by atoms with Gasteiger partial charge >= 0.3 is 12.0 Å². The van der Waals surface area contributed by atoms with Gasteiger partial charge in [0.05, 0.1) is 26.4 Å². The maximum atomic E-state index is 11.6. The molecule has 0 aromatic heterocycles. The highest BCUT2D eigenvalue weighted by Gasteiger charge is 2.14. The molecule has 1 aromatic carbocycles. The maximum Gasteiger partial charge on any atom is 0.320 e. The van der Waals surface area contributed by atoms with E-state index in [2.05, 4.69) is 0 Å². The molecule has 1 rings (SSSR count).